The van der Waals surface area contributed by atoms with E-state index >= 15 is 0 Å². The van der Waals surface area contributed by atoms with E-state index in [9.17, 15) is 0 Å². The second-order valence-corrected chi connectivity index (χ2v) is 14.6. The standard InChI is InChI=1S/C50H30S/c1-4-14-31(15-5-1)34-26-29-44-43(30-34)40-24-13-23-39(50(40)51-44)35-27-28-42-47-36(35)22-12-25-41(47)48-45(32-16-6-2-7-17-32)37-20-10-11-21-38(37)46(49(42)48)33-18-8-3-9-19-33/h1-30H. The summed E-state index contributed by atoms with van der Waals surface area (Å²) in [6.45, 7) is 0. The van der Waals surface area contributed by atoms with Gasteiger partial charge in [-0.1, -0.05) is 170 Å². The van der Waals surface area contributed by atoms with E-state index in [1.54, 1.807) is 0 Å². The Morgan fingerprint density at radius 1 is 0.275 bits per heavy atom. The van der Waals surface area contributed by atoms with Gasteiger partial charge < -0.3 is 0 Å². The van der Waals surface area contributed by atoms with E-state index in [-0.39, 0.29) is 0 Å². The average molecular weight is 663 g/mol. The minimum atomic E-state index is 1.25. The van der Waals surface area contributed by atoms with Crippen molar-refractivity contribution in [2.24, 2.45) is 0 Å². The third-order valence-electron chi connectivity index (χ3n) is 10.8. The van der Waals surface area contributed by atoms with Gasteiger partial charge in [0.1, 0.15) is 0 Å². The van der Waals surface area contributed by atoms with Crippen LogP contribution in [0.25, 0.3) is 108 Å². The Balaban J connectivity index is 1.21. The molecule has 0 unspecified atom stereocenters. The molecule has 51 heavy (non-hydrogen) atoms. The molecule has 0 fully saturated rings. The molecule has 0 amide bonds. The highest BCUT2D eigenvalue weighted by Gasteiger charge is 2.31. The highest BCUT2D eigenvalue weighted by Crippen LogP contribution is 2.58. The largest absolute Gasteiger partial charge is 0.135 e. The maximum absolute atomic E-state index is 2.41. The lowest BCUT2D eigenvalue weighted by molar-refractivity contribution is 1.62. The maximum atomic E-state index is 2.41. The number of hydrogen-bond acceptors (Lipinski definition) is 1. The lowest BCUT2D eigenvalue weighted by atomic mass is 9.82. The normalized spacial score (nSPS) is 11.9. The van der Waals surface area contributed by atoms with E-state index in [0.29, 0.717) is 0 Å². The summed E-state index contributed by atoms with van der Waals surface area (Å²) in [6, 6.07) is 67.2. The molecule has 0 nitrogen and oxygen atoms in total. The molecule has 0 radical (unpaired) electrons. The predicted molar refractivity (Wildman–Crippen MR) is 221 cm³/mol. The van der Waals surface area contributed by atoms with Crippen LogP contribution < -0.4 is 0 Å². The summed E-state index contributed by atoms with van der Waals surface area (Å²) in [5.41, 5.74) is 15.5. The Labute approximate surface area is 300 Å². The van der Waals surface area contributed by atoms with Crippen LogP contribution in [0, 0.1) is 0 Å². The van der Waals surface area contributed by atoms with Crippen LogP contribution in [0.4, 0.5) is 0 Å². The number of thiophene rings is 1. The van der Waals surface area contributed by atoms with Crippen molar-refractivity contribution in [3.05, 3.63) is 182 Å². The van der Waals surface area contributed by atoms with Gasteiger partial charge in [0.2, 0.25) is 0 Å². The molecule has 10 aromatic rings. The molecule has 1 heteroatoms. The quantitative estimate of drug-likeness (QED) is 0.176. The van der Waals surface area contributed by atoms with Crippen molar-refractivity contribution in [3.63, 3.8) is 0 Å². The third kappa shape index (κ3) is 4.19. The molecule has 1 aliphatic rings. The van der Waals surface area contributed by atoms with Crippen molar-refractivity contribution in [1.29, 1.82) is 0 Å². The van der Waals surface area contributed by atoms with Crippen LogP contribution in [0.2, 0.25) is 0 Å². The Bertz CT molecular complexity index is 2900. The molecule has 0 spiro atoms. The van der Waals surface area contributed by atoms with Gasteiger partial charge >= 0.3 is 0 Å². The molecule has 1 aliphatic carbocycles. The Hall–Kier alpha value is -6.28. The Morgan fingerprint density at radius 2 is 0.784 bits per heavy atom. The van der Waals surface area contributed by atoms with E-state index in [1.807, 2.05) is 11.3 Å². The molecule has 0 saturated carbocycles. The van der Waals surface area contributed by atoms with E-state index in [4.69, 9.17) is 0 Å². The van der Waals surface area contributed by atoms with E-state index < -0.39 is 0 Å². The molecule has 0 bridgehead atoms. The summed E-state index contributed by atoms with van der Waals surface area (Å²) < 4.78 is 2.66. The molecule has 11 rings (SSSR count). The van der Waals surface area contributed by atoms with Crippen LogP contribution in [0.5, 0.6) is 0 Å². The van der Waals surface area contributed by atoms with Crippen LogP contribution in [0.15, 0.2) is 182 Å². The highest BCUT2D eigenvalue weighted by molar-refractivity contribution is 7.26. The molecule has 1 heterocycles. The number of fused-ring (bicyclic) bond motifs is 7. The number of benzene rings is 9. The zero-order valence-electron chi connectivity index (χ0n) is 27.7. The van der Waals surface area contributed by atoms with Gasteiger partial charge in [0.25, 0.3) is 0 Å². The van der Waals surface area contributed by atoms with E-state index in [0.717, 1.165) is 0 Å². The summed E-state index contributed by atoms with van der Waals surface area (Å²) in [4.78, 5) is 0. The van der Waals surface area contributed by atoms with Crippen molar-refractivity contribution in [1.82, 2.24) is 0 Å². The zero-order valence-corrected chi connectivity index (χ0v) is 28.5. The van der Waals surface area contributed by atoms with E-state index in [2.05, 4.69) is 182 Å². The van der Waals surface area contributed by atoms with Crippen molar-refractivity contribution in [2.45, 2.75) is 0 Å². The maximum Gasteiger partial charge on any atom is 0.0434 e. The van der Waals surface area contributed by atoms with Gasteiger partial charge in [-0.05, 0) is 94.9 Å². The Morgan fingerprint density at radius 3 is 1.43 bits per heavy atom. The summed E-state index contributed by atoms with van der Waals surface area (Å²) in [7, 11) is 0. The smallest absolute Gasteiger partial charge is 0.0434 e. The van der Waals surface area contributed by atoms with E-state index in [1.165, 1.54) is 108 Å². The fourth-order valence-electron chi connectivity index (χ4n) is 8.67. The van der Waals surface area contributed by atoms with Gasteiger partial charge in [-0.25, -0.2) is 0 Å². The van der Waals surface area contributed by atoms with Crippen molar-refractivity contribution in [3.8, 4) is 66.8 Å². The van der Waals surface area contributed by atoms with Crippen molar-refractivity contribution in [2.75, 3.05) is 0 Å². The van der Waals surface area contributed by atoms with Gasteiger partial charge in [0, 0.05) is 25.7 Å². The van der Waals surface area contributed by atoms with Crippen LogP contribution in [-0.2, 0) is 0 Å². The third-order valence-corrected chi connectivity index (χ3v) is 12.0. The minimum absolute atomic E-state index is 1.25. The minimum Gasteiger partial charge on any atom is -0.135 e. The van der Waals surface area contributed by atoms with Gasteiger partial charge in [-0.3, -0.25) is 0 Å². The van der Waals surface area contributed by atoms with Crippen LogP contribution in [0.3, 0.4) is 0 Å². The first-order valence-corrected chi connectivity index (χ1v) is 18.4. The lowest BCUT2D eigenvalue weighted by Gasteiger charge is -2.20. The summed E-state index contributed by atoms with van der Waals surface area (Å²) in [5.74, 6) is 0. The molecular weight excluding hydrogens is 633 g/mol. The second-order valence-electron chi connectivity index (χ2n) is 13.5. The fraction of sp³-hybridized carbons (Fsp3) is 0. The first-order chi connectivity index (χ1) is 25.3. The molecule has 0 N–H and O–H groups in total. The predicted octanol–water partition coefficient (Wildman–Crippen LogP) is 14.7. The average Bonchev–Trinajstić information content (AvgIpc) is 3.74. The molecule has 236 valence electrons. The van der Waals surface area contributed by atoms with Crippen LogP contribution in [0.1, 0.15) is 0 Å². The number of rotatable bonds is 4. The lowest BCUT2D eigenvalue weighted by Crippen LogP contribution is -1.93. The monoisotopic (exact) mass is 662 g/mol. The number of hydrogen-bond donors (Lipinski definition) is 0. The molecule has 0 aliphatic heterocycles. The van der Waals surface area contributed by atoms with Crippen molar-refractivity contribution >= 4 is 53.1 Å². The van der Waals surface area contributed by atoms with Gasteiger partial charge in [-0.15, -0.1) is 11.3 Å². The first-order valence-electron chi connectivity index (χ1n) is 17.6. The summed E-state index contributed by atoms with van der Waals surface area (Å²) in [6.07, 6.45) is 0. The molecule has 9 aromatic carbocycles. The van der Waals surface area contributed by atoms with Gasteiger partial charge in [0.15, 0.2) is 0 Å². The molecule has 0 atom stereocenters. The Kier molecular flexibility index (Phi) is 6.22. The van der Waals surface area contributed by atoms with Crippen LogP contribution >= 0.6 is 11.3 Å². The van der Waals surface area contributed by atoms with Gasteiger partial charge in [-0.2, -0.15) is 0 Å². The van der Waals surface area contributed by atoms with Crippen LogP contribution in [-0.4, -0.2) is 0 Å². The summed E-state index contributed by atoms with van der Waals surface area (Å²) >= 11 is 1.91. The highest BCUT2D eigenvalue weighted by atomic mass is 32.1. The fourth-order valence-corrected chi connectivity index (χ4v) is 9.88. The molecule has 1 aromatic heterocycles. The second kappa shape index (κ2) is 11.1. The van der Waals surface area contributed by atoms with Gasteiger partial charge in [0.05, 0.1) is 0 Å². The molecule has 0 saturated heterocycles. The summed E-state index contributed by atoms with van der Waals surface area (Å²) in [5, 5.41) is 7.87. The topological polar surface area (TPSA) is 0 Å². The van der Waals surface area contributed by atoms with Crippen molar-refractivity contribution < 1.29 is 0 Å². The molecular formula is C50H30S. The first kappa shape index (κ1) is 28.5. The zero-order chi connectivity index (χ0) is 33.5. The SMILES string of the molecule is c1ccc(-c2ccc3sc4c(-c5ccc6c7c(cccc57)-c5c-6c(-c6ccccc6)c6ccccc6c5-c5ccccc5)cccc4c3c2)cc1.